The van der Waals surface area contributed by atoms with E-state index in [2.05, 4.69) is 5.32 Å². The summed E-state index contributed by atoms with van der Waals surface area (Å²) in [5.74, 6) is -0.0992. The number of halogens is 1. The number of carbonyl (C=O) groups is 2. The number of hydrogen-bond acceptors (Lipinski definition) is 3. The number of piperidine rings is 1. The fraction of sp³-hybridized carbons (Fsp3) is 0.429. The van der Waals surface area contributed by atoms with Gasteiger partial charge < -0.3 is 16.0 Å². The first-order valence-electron chi connectivity index (χ1n) is 6.58. The van der Waals surface area contributed by atoms with Crippen LogP contribution >= 0.6 is 11.6 Å². The molecule has 0 aromatic heterocycles. The van der Waals surface area contributed by atoms with Gasteiger partial charge in [0.15, 0.2) is 0 Å². The van der Waals surface area contributed by atoms with Crippen molar-refractivity contribution in [2.45, 2.75) is 25.8 Å². The molecule has 1 aliphatic rings. The molecule has 6 heteroatoms. The molecule has 1 aliphatic heterocycles. The Balaban J connectivity index is 1.99. The maximum atomic E-state index is 12.4. The third kappa shape index (κ3) is 3.63. The van der Waals surface area contributed by atoms with Crippen LogP contribution in [0.4, 0.5) is 5.69 Å². The van der Waals surface area contributed by atoms with Crippen LogP contribution in [-0.4, -0.2) is 35.8 Å². The standard InChI is InChI=1S/C14H18ClN3O2/c1-9(19)17-13-2-4-18(5-3-13)14(20)10-6-11(15)8-12(16)7-10/h6-8,13H,2-5,16H2,1H3,(H,17,19). The SMILES string of the molecule is CC(=O)NC1CCN(C(=O)c2cc(N)cc(Cl)c2)CC1. The lowest BCUT2D eigenvalue weighted by atomic mass is 10.0. The molecule has 2 amide bonds. The smallest absolute Gasteiger partial charge is 0.253 e. The van der Waals surface area contributed by atoms with Gasteiger partial charge in [-0.25, -0.2) is 0 Å². The summed E-state index contributed by atoms with van der Waals surface area (Å²) in [4.78, 5) is 25.1. The van der Waals surface area contributed by atoms with Crippen molar-refractivity contribution in [3.05, 3.63) is 28.8 Å². The number of nitrogens with one attached hydrogen (secondary N) is 1. The van der Waals surface area contributed by atoms with Gasteiger partial charge in [-0.05, 0) is 31.0 Å². The molecule has 0 spiro atoms. The van der Waals surface area contributed by atoms with Crippen LogP contribution in [0.2, 0.25) is 5.02 Å². The minimum Gasteiger partial charge on any atom is -0.399 e. The van der Waals surface area contributed by atoms with Crippen molar-refractivity contribution in [1.29, 1.82) is 0 Å². The summed E-state index contributed by atoms with van der Waals surface area (Å²) >= 11 is 5.92. The van der Waals surface area contributed by atoms with Gasteiger partial charge in [-0.1, -0.05) is 11.6 Å². The number of amides is 2. The molecule has 0 atom stereocenters. The molecule has 3 N–H and O–H groups in total. The number of nitrogens with zero attached hydrogens (tertiary/aromatic N) is 1. The van der Waals surface area contributed by atoms with E-state index in [0.29, 0.717) is 29.4 Å². The van der Waals surface area contributed by atoms with Crippen LogP contribution in [0.5, 0.6) is 0 Å². The fourth-order valence-corrected chi connectivity index (χ4v) is 2.68. The fourth-order valence-electron chi connectivity index (χ4n) is 2.43. The van der Waals surface area contributed by atoms with Gasteiger partial charge >= 0.3 is 0 Å². The topological polar surface area (TPSA) is 75.4 Å². The number of carbonyl (C=O) groups excluding carboxylic acids is 2. The molecule has 1 fully saturated rings. The number of nitrogens with two attached hydrogens (primary N) is 1. The molecule has 0 aliphatic carbocycles. The summed E-state index contributed by atoms with van der Waals surface area (Å²) in [5, 5.41) is 3.34. The highest BCUT2D eigenvalue weighted by molar-refractivity contribution is 6.31. The minimum atomic E-state index is -0.0690. The van der Waals surface area contributed by atoms with Crippen LogP contribution < -0.4 is 11.1 Å². The van der Waals surface area contributed by atoms with E-state index in [0.717, 1.165) is 12.8 Å². The molecule has 0 radical (unpaired) electrons. The molecule has 2 rings (SSSR count). The lowest BCUT2D eigenvalue weighted by Gasteiger charge is -2.32. The summed E-state index contributed by atoms with van der Waals surface area (Å²) in [5.41, 5.74) is 6.69. The summed E-state index contributed by atoms with van der Waals surface area (Å²) in [6.07, 6.45) is 1.53. The van der Waals surface area contributed by atoms with Gasteiger partial charge in [-0.3, -0.25) is 9.59 Å². The lowest BCUT2D eigenvalue weighted by molar-refractivity contribution is -0.119. The molecule has 1 heterocycles. The first-order chi connectivity index (χ1) is 9.45. The van der Waals surface area contributed by atoms with Crippen LogP contribution in [0.1, 0.15) is 30.1 Å². The molecule has 0 saturated carbocycles. The zero-order valence-corrected chi connectivity index (χ0v) is 12.1. The van der Waals surface area contributed by atoms with E-state index >= 15 is 0 Å². The Morgan fingerprint density at radius 2 is 1.95 bits per heavy atom. The average Bonchev–Trinajstić information content (AvgIpc) is 2.37. The van der Waals surface area contributed by atoms with Crippen molar-refractivity contribution in [3.63, 3.8) is 0 Å². The third-order valence-corrected chi connectivity index (χ3v) is 3.57. The molecule has 1 aromatic rings. The normalized spacial score (nSPS) is 16.0. The van der Waals surface area contributed by atoms with Crippen molar-refractivity contribution in [3.8, 4) is 0 Å². The number of anilines is 1. The van der Waals surface area contributed by atoms with Gasteiger partial charge in [0.05, 0.1) is 0 Å². The van der Waals surface area contributed by atoms with E-state index in [1.165, 1.54) is 6.92 Å². The Labute approximate surface area is 123 Å². The summed E-state index contributed by atoms with van der Waals surface area (Å²) in [7, 11) is 0. The average molecular weight is 296 g/mol. The Morgan fingerprint density at radius 3 is 2.50 bits per heavy atom. The third-order valence-electron chi connectivity index (χ3n) is 3.36. The van der Waals surface area contributed by atoms with E-state index in [9.17, 15) is 9.59 Å². The van der Waals surface area contributed by atoms with Gasteiger partial charge in [-0.2, -0.15) is 0 Å². The first kappa shape index (κ1) is 14.7. The van der Waals surface area contributed by atoms with Crippen molar-refractivity contribution >= 4 is 29.1 Å². The monoisotopic (exact) mass is 295 g/mol. The number of nitrogen functional groups attached to an aromatic ring is 1. The predicted molar refractivity (Wildman–Crippen MR) is 78.6 cm³/mol. The maximum Gasteiger partial charge on any atom is 0.253 e. The largest absolute Gasteiger partial charge is 0.399 e. The van der Waals surface area contributed by atoms with Crippen LogP contribution in [0.25, 0.3) is 0 Å². The second-order valence-electron chi connectivity index (χ2n) is 5.04. The highest BCUT2D eigenvalue weighted by atomic mass is 35.5. The van der Waals surface area contributed by atoms with Crippen LogP contribution in [-0.2, 0) is 4.79 Å². The van der Waals surface area contributed by atoms with Crippen LogP contribution in [0.15, 0.2) is 18.2 Å². The number of benzene rings is 1. The molecule has 0 bridgehead atoms. The predicted octanol–water partition coefficient (Wildman–Crippen LogP) is 1.66. The van der Waals surface area contributed by atoms with Crippen molar-refractivity contribution in [2.24, 2.45) is 0 Å². The Bertz CT molecular complexity index is 505. The van der Waals surface area contributed by atoms with Gasteiger partial charge in [0.2, 0.25) is 5.91 Å². The molecule has 5 nitrogen and oxygen atoms in total. The number of hydrogen-bond donors (Lipinski definition) is 2. The minimum absolute atomic E-state index is 0.0302. The Morgan fingerprint density at radius 1 is 1.30 bits per heavy atom. The first-order valence-corrected chi connectivity index (χ1v) is 6.96. The molecule has 20 heavy (non-hydrogen) atoms. The van der Waals surface area contributed by atoms with Crippen LogP contribution in [0.3, 0.4) is 0 Å². The van der Waals surface area contributed by atoms with Gasteiger partial charge in [0, 0.05) is 42.3 Å². The van der Waals surface area contributed by atoms with Gasteiger partial charge in [-0.15, -0.1) is 0 Å². The van der Waals surface area contributed by atoms with Crippen molar-refractivity contribution in [2.75, 3.05) is 18.8 Å². The summed E-state index contributed by atoms with van der Waals surface area (Å²) < 4.78 is 0. The summed E-state index contributed by atoms with van der Waals surface area (Å²) in [6.45, 7) is 2.75. The van der Waals surface area contributed by atoms with E-state index in [1.807, 2.05) is 0 Å². The van der Waals surface area contributed by atoms with Gasteiger partial charge in [0.25, 0.3) is 5.91 Å². The molecule has 1 saturated heterocycles. The summed E-state index contributed by atoms with van der Waals surface area (Å²) in [6, 6.07) is 5.02. The molecule has 1 aromatic carbocycles. The Kier molecular flexibility index (Phi) is 4.49. The van der Waals surface area contributed by atoms with E-state index in [4.69, 9.17) is 17.3 Å². The zero-order chi connectivity index (χ0) is 14.7. The van der Waals surface area contributed by atoms with E-state index < -0.39 is 0 Å². The highest BCUT2D eigenvalue weighted by Crippen LogP contribution is 2.20. The maximum absolute atomic E-state index is 12.4. The second-order valence-corrected chi connectivity index (χ2v) is 5.48. The number of rotatable bonds is 2. The quantitative estimate of drug-likeness (QED) is 0.815. The van der Waals surface area contributed by atoms with Crippen LogP contribution in [0, 0.1) is 0 Å². The highest BCUT2D eigenvalue weighted by Gasteiger charge is 2.24. The van der Waals surface area contributed by atoms with Gasteiger partial charge in [0.1, 0.15) is 0 Å². The van der Waals surface area contributed by atoms with E-state index in [-0.39, 0.29) is 17.9 Å². The van der Waals surface area contributed by atoms with Crippen molar-refractivity contribution < 1.29 is 9.59 Å². The molecule has 108 valence electrons. The molecular formula is C14H18ClN3O2. The zero-order valence-electron chi connectivity index (χ0n) is 11.4. The van der Waals surface area contributed by atoms with Crippen molar-refractivity contribution in [1.82, 2.24) is 10.2 Å². The number of likely N-dealkylation sites (tertiary alicyclic amines) is 1. The Hall–Kier alpha value is -1.75. The lowest BCUT2D eigenvalue weighted by Crippen LogP contribution is -2.46. The molecule has 0 unspecified atom stereocenters. The molecular weight excluding hydrogens is 278 g/mol. The second kappa shape index (κ2) is 6.13. The van der Waals surface area contributed by atoms with E-state index in [1.54, 1.807) is 23.1 Å².